The molecule has 0 saturated carbocycles. The number of nitrogens with zero attached hydrogens (tertiary/aromatic N) is 3. The van der Waals surface area contributed by atoms with Crippen LogP contribution in [0.2, 0.25) is 10.0 Å². The van der Waals surface area contributed by atoms with Crippen LogP contribution in [0.1, 0.15) is 11.1 Å². The molecule has 3 aromatic rings. The number of pyridine rings is 1. The van der Waals surface area contributed by atoms with E-state index in [4.69, 9.17) is 23.2 Å². The van der Waals surface area contributed by atoms with E-state index in [1.807, 2.05) is 42.2 Å². The van der Waals surface area contributed by atoms with E-state index in [0.29, 0.717) is 16.6 Å². The largest absolute Gasteiger partial charge is 0.326 e. The fourth-order valence-electron chi connectivity index (χ4n) is 2.22. The van der Waals surface area contributed by atoms with Gasteiger partial charge in [-0.1, -0.05) is 23.2 Å². The van der Waals surface area contributed by atoms with E-state index in [-0.39, 0.29) is 0 Å². The summed E-state index contributed by atoms with van der Waals surface area (Å²) in [6, 6.07) is 7.53. The van der Waals surface area contributed by atoms with Crippen LogP contribution in [-0.4, -0.2) is 14.5 Å². The summed E-state index contributed by atoms with van der Waals surface area (Å²) in [5.74, 6) is 0.863. The maximum atomic E-state index is 6.23. The number of aromatic nitrogens is 3. The summed E-state index contributed by atoms with van der Waals surface area (Å²) in [6.45, 7) is 2.63. The lowest BCUT2D eigenvalue weighted by molar-refractivity contribution is 0.806. The van der Waals surface area contributed by atoms with E-state index in [2.05, 4.69) is 16.0 Å². The molecule has 0 spiro atoms. The van der Waals surface area contributed by atoms with E-state index in [0.717, 1.165) is 22.5 Å². The molecule has 3 nitrogen and oxygen atoms in total. The third-order valence-electron chi connectivity index (χ3n) is 3.20. The van der Waals surface area contributed by atoms with Crippen LogP contribution >= 0.6 is 23.2 Å². The van der Waals surface area contributed by atoms with Gasteiger partial charge in [-0.05, 0) is 42.3 Å². The maximum Gasteiger partial charge on any atom is 0.141 e. The van der Waals surface area contributed by atoms with Gasteiger partial charge in [0, 0.05) is 40.4 Å². The second-order valence-electron chi connectivity index (χ2n) is 4.87. The van der Waals surface area contributed by atoms with Crippen molar-refractivity contribution in [2.45, 2.75) is 13.5 Å². The molecule has 0 atom stereocenters. The van der Waals surface area contributed by atoms with Gasteiger partial charge in [0.15, 0.2) is 0 Å². The Morgan fingerprint density at radius 2 is 2.00 bits per heavy atom. The van der Waals surface area contributed by atoms with Gasteiger partial charge in [0.05, 0.1) is 6.54 Å². The molecule has 0 aliphatic rings. The fourth-order valence-corrected chi connectivity index (χ4v) is 2.59. The van der Waals surface area contributed by atoms with Crippen LogP contribution in [0.3, 0.4) is 0 Å². The smallest absolute Gasteiger partial charge is 0.141 e. The number of aryl methyl sites for hydroxylation is 1. The molecule has 1 aromatic carbocycles. The summed E-state index contributed by atoms with van der Waals surface area (Å²) >= 11 is 12.3. The molecule has 0 aliphatic heterocycles. The van der Waals surface area contributed by atoms with Gasteiger partial charge in [-0.3, -0.25) is 4.98 Å². The molecule has 0 bridgehead atoms. The van der Waals surface area contributed by atoms with E-state index in [1.54, 1.807) is 12.3 Å². The second kappa shape index (κ2) is 5.88. The Bertz CT molecular complexity index is 781. The molecule has 21 heavy (non-hydrogen) atoms. The summed E-state index contributed by atoms with van der Waals surface area (Å²) in [7, 11) is 0. The minimum atomic E-state index is 0.614. The molecule has 0 N–H and O–H groups in total. The SMILES string of the molecule is Cc1cncc(-c2nccn2Cc2cc(Cl)ccc2Cl)c1. The number of imidazole rings is 1. The summed E-state index contributed by atoms with van der Waals surface area (Å²) < 4.78 is 2.04. The molecular formula is C16H13Cl2N3. The molecular weight excluding hydrogens is 305 g/mol. The molecule has 0 unspecified atom stereocenters. The molecule has 2 heterocycles. The number of hydrogen-bond donors (Lipinski definition) is 0. The van der Waals surface area contributed by atoms with Crippen molar-refractivity contribution in [3.8, 4) is 11.4 Å². The minimum absolute atomic E-state index is 0.614. The number of rotatable bonds is 3. The predicted molar refractivity (Wildman–Crippen MR) is 85.8 cm³/mol. The van der Waals surface area contributed by atoms with E-state index in [9.17, 15) is 0 Å². The van der Waals surface area contributed by atoms with Crippen LogP contribution in [-0.2, 0) is 6.54 Å². The molecule has 0 aliphatic carbocycles. The van der Waals surface area contributed by atoms with Crippen LogP contribution in [0.15, 0.2) is 49.1 Å². The normalized spacial score (nSPS) is 10.8. The molecule has 0 fully saturated rings. The van der Waals surface area contributed by atoms with Crippen LogP contribution in [0, 0.1) is 6.92 Å². The topological polar surface area (TPSA) is 30.7 Å². The van der Waals surface area contributed by atoms with Crippen LogP contribution in [0.4, 0.5) is 0 Å². The Morgan fingerprint density at radius 1 is 1.14 bits per heavy atom. The Kier molecular flexibility index (Phi) is 3.95. The Morgan fingerprint density at radius 3 is 2.81 bits per heavy atom. The lowest BCUT2D eigenvalue weighted by atomic mass is 10.2. The van der Waals surface area contributed by atoms with Crippen LogP contribution in [0.25, 0.3) is 11.4 Å². The van der Waals surface area contributed by atoms with Crippen LogP contribution in [0.5, 0.6) is 0 Å². The fraction of sp³-hybridized carbons (Fsp3) is 0.125. The lowest BCUT2D eigenvalue weighted by Crippen LogP contribution is -2.02. The first-order valence-corrected chi connectivity index (χ1v) is 7.26. The van der Waals surface area contributed by atoms with E-state index in [1.165, 1.54) is 0 Å². The number of halogens is 2. The zero-order chi connectivity index (χ0) is 14.8. The van der Waals surface area contributed by atoms with Gasteiger partial charge in [0.2, 0.25) is 0 Å². The van der Waals surface area contributed by atoms with Crippen molar-refractivity contribution in [3.63, 3.8) is 0 Å². The predicted octanol–water partition coefficient (Wildman–Crippen LogP) is 4.61. The average molecular weight is 318 g/mol. The van der Waals surface area contributed by atoms with Crippen LogP contribution < -0.4 is 0 Å². The Balaban J connectivity index is 1.98. The zero-order valence-electron chi connectivity index (χ0n) is 11.4. The molecule has 3 rings (SSSR count). The minimum Gasteiger partial charge on any atom is -0.326 e. The standard InChI is InChI=1S/C16H13Cl2N3/c1-11-6-12(9-19-8-11)16-20-4-5-21(16)10-13-7-14(17)2-3-15(13)18/h2-9H,10H2,1H3. The van der Waals surface area contributed by atoms with Crippen molar-refractivity contribution in [2.24, 2.45) is 0 Å². The molecule has 0 amide bonds. The second-order valence-corrected chi connectivity index (χ2v) is 5.71. The van der Waals surface area contributed by atoms with Crippen molar-refractivity contribution in [2.75, 3.05) is 0 Å². The van der Waals surface area contributed by atoms with Gasteiger partial charge in [-0.15, -0.1) is 0 Å². The summed E-state index contributed by atoms with van der Waals surface area (Å²) in [6.07, 6.45) is 7.33. The van der Waals surface area contributed by atoms with Gasteiger partial charge < -0.3 is 4.57 Å². The summed E-state index contributed by atoms with van der Waals surface area (Å²) in [5, 5.41) is 1.37. The highest BCUT2D eigenvalue weighted by molar-refractivity contribution is 6.33. The highest BCUT2D eigenvalue weighted by Gasteiger charge is 2.09. The van der Waals surface area contributed by atoms with Crippen molar-refractivity contribution >= 4 is 23.2 Å². The third kappa shape index (κ3) is 3.09. The Hall–Kier alpha value is -1.84. The number of benzene rings is 1. The molecule has 0 saturated heterocycles. The highest BCUT2D eigenvalue weighted by Crippen LogP contribution is 2.24. The lowest BCUT2D eigenvalue weighted by Gasteiger charge is -2.10. The maximum absolute atomic E-state index is 6.23. The molecule has 2 aromatic heterocycles. The summed E-state index contributed by atoms with van der Waals surface area (Å²) in [5.41, 5.74) is 3.05. The van der Waals surface area contributed by atoms with Crippen molar-refractivity contribution in [1.82, 2.24) is 14.5 Å². The zero-order valence-corrected chi connectivity index (χ0v) is 12.9. The van der Waals surface area contributed by atoms with Gasteiger partial charge >= 0.3 is 0 Å². The first-order valence-electron chi connectivity index (χ1n) is 6.50. The number of hydrogen-bond acceptors (Lipinski definition) is 2. The third-order valence-corrected chi connectivity index (χ3v) is 3.80. The monoisotopic (exact) mass is 317 g/mol. The average Bonchev–Trinajstić information content (AvgIpc) is 2.91. The first-order chi connectivity index (χ1) is 10.1. The molecule has 106 valence electrons. The van der Waals surface area contributed by atoms with Crippen molar-refractivity contribution in [3.05, 3.63) is 70.2 Å². The Labute approximate surface area is 133 Å². The summed E-state index contributed by atoms with van der Waals surface area (Å²) in [4.78, 5) is 8.64. The van der Waals surface area contributed by atoms with Gasteiger partial charge in [0.25, 0.3) is 0 Å². The van der Waals surface area contributed by atoms with Crippen molar-refractivity contribution < 1.29 is 0 Å². The molecule has 5 heteroatoms. The quantitative estimate of drug-likeness (QED) is 0.706. The highest BCUT2D eigenvalue weighted by atomic mass is 35.5. The van der Waals surface area contributed by atoms with Crippen molar-refractivity contribution in [1.29, 1.82) is 0 Å². The van der Waals surface area contributed by atoms with E-state index >= 15 is 0 Å². The van der Waals surface area contributed by atoms with E-state index < -0.39 is 0 Å². The van der Waals surface area contributed by atoms with Gasteiger partial charge in [-0.2, -0.15) is 0 Å². The molecule has 0 radical (unpaired) electrons. The van der Waals surface area contributed by atoms with Gasteiger partial charge in [-0.25, -0.2) is 4.98 Å². The van der Waals surface area contributed by atoms with Gasteiger partial charge in [0.1, 0.15) is 5.82 Å². The first kappa shape index (κ1) is 14.1.